The van der Waals surface area contributed by atoms with Crippen LogP contribution in [0.1, 0.15) is 105 Å². The average molecular weight is 406 g/mol. The third-order valence-corrected chi connectivity index (χ3v) is 8.42. The fourth-order valence-electron chi connectivity index (χ4n) is 6.87. The topological polar surface area (TPSA) is 21.3 Å². The zero-order valence-corrected chi connectivity index (χ0v) is 20.1. The van der Waals surface area contributed by atoms with Gasteiger partial charge in [-0.3, -0.25) is 0 Å². The van der Waals surface area contributed by atoms with Crippen LogP contribution in [0.3, 0.4) is 0 Å². The van der Waals surface area contributed by atoms with Crippen LogP contribution in [0.25, 0.3) is 0 Å². The molecule has 0 spiro atoms. The second-order valence-corrected chi connectivity index (χ2v) is 11.8. The molecule has 1 N–H and O–H groups in total. The molecule has 4 aliphatic rings. The molecule has 0 aromatic rings. The molecule has 2 unspecified atom stereocenters. The molecule has 4 bridgehead atoms. The molecular weight excluding hydrogens is 354 g/mol. The molecule has 4 rings (SSSR count). The maximum absolute atomic E-state index is 6.40. The van der Waals surface area contributed by atoms with Gasteiger partial charge in [0, 0.05) is 6.54 Å². The normalized spacial score (nSPS) is 32.8. The number of ether oxygens (including phenoxy) is 1. The summed E-state index contributed by atoms with van der Waals surface area (Å²) in [7, 11) is 0. The second-order valence-electron chi connectivity index (χ2n) is 11.8. The van der Waals surface area contributed by atoms with Crippen molar-refractivity contribution in [3.8, 4) is 0 Å². The third-order valence-electron chi connectivity index (χ3n) is 8.42. The molecule has 2 nitrogen and oxygen atoms in total. The Kier molecular flexibility index (Phi) is 9.83. The van der Waals surface area contributed by atoms with Crippen molar-refractivity contribution in [2.45, 2.75) is 111 Å². The third kappa shape index (κ3) is 7.84. The van der Waals surface area contributed by atoms with Gasteiger partial charge in [0.1, 0.15) is 0 Å². The summed E-state index contributed by atoms with van der Waals surface area (Å²) in [6, 6.07) is 0. The van der Waals surface area contributed by atoms with Crippen LogP contribution in [-0.4, -0.2) is 25.8 Å². The summed E-state index contributed by atoms with van der Waals surface area (Å²) in [6.45, 7) is 12.7. The van der Waals surface area contributed by atoms with E-state index in [4.69, 9.17) is 4.74 Å². The lowest BCUT2D eigenvalue weighted by molar-refractivity contribution is -0.125. The van der Waals surface area contributed by atoms with Gasteiger partial charge >= 0.3 is 0 Å². The van der Waals surface area contributed by atoms with Gasteiger partial charge in [0.2, 0.25) is 0 Å². The summed E-state index contributed by atoms with van der Waals surface area (Å²) in [6.07, 6.45) is 17.8. The Balaban J connectivity index is 1.14. The van der Waals surface area contributed by atoms with Gasteiger partial charge in [-0.15, -0.1) is 0 Å². The van der Waals surface area contributed by atoms with E-state index in [-0.39, 0.29) is 0 Å². The minimum atomic E-state index is 0.603. The van der Waals surface area contributed by atoms with E-state index in [1.165, 1.54) is 77.0 Å². The fourth-order valence-corrected chi connectivity index (χ4v) is 6.87. The molecule has 2 atom stereocenters. The van der Waals surface area contributed by atoms with Crippen molar-refractivity contribution in [3.05, 3.63) is 0 Å². The SMILES string of the molecule is CC(C)CCCC(C)CCCC(C)CCNCCOC1C2CC3CC(C2)CC1C3. The Hall–Kier alpha value is -0.0800. The molecule has 0 amide bonds. The molecule has 4 saturated carbocycles. The Labute approximate surface area is 182 Å². The van der Waals surface area contributed by atoms with Crippen molar-refractivity contribution in [1.29, 1.82) is 0 Å². The smallest absolute Gasteiger partial charge is 0.0632 e. The summed E-state index contributed by atoms with van der Waals surface area (Å²) in [5.41, 5.74) is 0. The molecule has 2 heteroatoms. The predicted octanol–water partition coefficient (Wildman–Crippen LogP) is 7.08. The maximum Gasteiger partial charge on any atom is 0.0632 e. The first-order valence-corrected chi connectivity index (χ1v) is 13.3. The minimum absolute atomic E-state index is 0.603. The molecule has 4 fully saturated rings. The van der Waals surface area contributed by atoms with Gasteiger partial charge in [0.15, 0.2) is 0 Å². The van der Waals surface area contributed by atoms with Crippen LogP contribution in [0, 0.1) is 41.4 Å². The fraction of sp³-hybridized carbons (Fsp3) is 1.00. The van der Waals surface area contributed by atoms with E-state index < -0.39 is 0 Å². The summed E-state index contributed by atoms with van der Waals surface area (Å²) in [4.78, 5) is 0. The van der Waals surface area contributed by atoms with Crippen molar-refractivity contribution < 1.29 is 4.74 Å². The molecule has 0 aromatic heterocycles. The quantitative estimate of drug-likeness (QED) is 0.294. The number of hydrogen-bond acceptors (Lipinski definition) is 2. The standard InChI is InChI=1S/C27H51NO/c1-20(2)7-5-8-21(3)9-6-10-22(4)11-12-28-13-14-29-27-25-16-23-15-24(18-25)19-26(27)17-23/h20-28H,5-19H2,1-4H3. The highest BCUT2D eigenvalue weighted by Gasteiger charge is 2.48. The molecule has 29 heavy (non-hydrogen) atoms. The van der Waals surface area contributed by atoms with Crippen molar-refractivity contribution in [1.82, 2.24) is 5.32 Å². The average Bonchev–Trinajstić information content (AvgIpc) is 2.65. The second kappa shape index (κ2) is 12.1. The molecule has 0 heterocycles. The highest BCUT2D eigenvalue weighted by Crippen LogP contribution is 2.54. The lowest BCUT2D eigenvalue weighted by Gasteiger charge is -2.54. The van der Waals surface area contributed by atoms with E-state index in [1.807, 2.05) is 0 Å². The van der Waals surface area contributed by atoms with Crippen LogP contribution >= 0.6 is 0 Å². The minimum Gasteiger partial charge on any atom is -0.376 e. The number of rotatable bonds is 15. The lowest BCUT2D eigenvalue weighted by atomic mass is 9.55. The van der Waals surface area contributed by atoms with Crippen molar-refractivity contribution >= 4 is 0 Å². The van der Waals surface area contributed by atoms with Crippen LogP contribution in [0.15, 0.2) is 0 Å². The van der Waals surface area contributed by atoms with Gasteiger partial charge in [-0.1, -0.05) is 66.2 Å². The van der Waals surface area contributed by atoms with E-state index in [0.29, 0.717) is 6.10 Å². The van der Waals surface area contributed by atoms with E-state index in [2.05, 4.69) is 33.0 Å². The number of nitrogens with one attached hydrogen (secondary N) is 1. The van der Waals surface area contributed by atoms with Crippen LogP contribution in [0.5, 0.6) is 0 Å². The molecule has 0 radical (unpaired) electrons. The van der Waals surface area contributed by atoms with E-state index in [0.717, 1.165) is 61.1 Å². The summed E-state index contributed by atoms with van der Waals surface area (Å²) < 4.78 is 6.40. The van der Waals surface area contributed by atoms with Gasteiger partial charge in [-0.2, -0.15) is 0 Å². The maximum atomic E-state index is 6.40. The largest absolute Gasteiger partial charge is 0.376 e. The highest BCUT2D eigenvalue weighted by atomic mass is 16.5. The van der Waals surface area contributed by atoms with E-state index >= 15 is 0 Å². The zero-order valence-electron chi connectivity index (χ0n) is 20.1. The summed E-state index contributed by atoms with van der Waals surface area (Å²) in [5, 5.41) is 3.65. The highest BCUT2D eigenvalue weighted by molar-refractivity contribution is 4.99. The van der Waals surface area contributed by atoms with Crippen molar-refractivity contribution in [2.75, 3.05) is 19.7 Å². The monoisotopic (exact) mass is 405 g/mol. The Morgan fingerprint density at radius 3 is 1.83 bits per heavy atom. The predicted molar refractivity (Wildman–Crippen MR) is 125 cm³/mol. The summed E-state index contributed by atoms with van der Waals surface area (Å²) in [5.74, 6) is 6.56. The van der Waals surface area contributed by atoms with Crippen molar-refractivity contribution in [2.24, 2.45) is 41.4 Å². The molecule has 170 valence electrons. The van der Waals surface area contributed by atoms with Crippen LogP contribution in [-0.2, 0) is 4.74 Å². The van der Waals surface area contributed by atoms with Crippen LogP contribution in [0.4, 0.5) is 0 Å². The molecular formula is C27H51NO. The van der Waals surface area contributed by atoms with Gasteiger partial charge in [-0.05, 0) is 86.5 Å². The van der Waals surface area contributed by atoms with Gasteiger partial charge in [0.25, 0.3) is 0 Å². The van der Waals surface area contributed by atoms with E-state index in [9.17, 15) is 0 Å². The van der Waals surface area contributed by atoms with Gasteiger partial charge in [0.05, 0.1) is 12.7 Å². The Morgan fingerprint density at radius 1 is 0.690 bits per heavy atom. The first-order valence-electron chi connectivity index (χ1n) is 13.3. The first-order chi connectivity index (χ1) is 14.0. The first kappa shape index (κ1) is 23.6. The zero-order chi connectivity index (χ0) is 20.6. The summed E-state index contributed by atoms with van der Waals surface area (Å²) >= 11 is 0. The lowest BCUT2D eigenvalue weighted by Crippen LogP contribution is -2.49. The van der Waals surface area contributed by atoms with Crippen molar-refractivity contribution in [3.63, 3.8) is 0 Å². The van der Waals surface area contributed by atoms with E-state index in [1.54, 1.807) is 0 Å². The molecule has 0 saturated heterocycles. The van der Waals surface area contributed by atoms with Crippen LogP contribution < -0.4 is 5.32 Å². The van der Waals surface area contributed by atoms with Gasteiger partial charge < -0.3 is 10.1 Å². The molecule has 4 aliphatic carbocycles. The van der Waals surface area contributed by atoms with Gasteiger partial charge in [-0.25, -0.2) is 0 Å². The molecule has 0 aromatic carbocycles. The Bertz CT molecular complexity index is 420. The number of hydrogen-bond donors (Lipinski definition) is 1. The van der Waals surface area contributed by atoms with Crippen LogP contribution in [0.2, 0.25) is 0 Å². The Morgan fingerprint density at radius 2 is 1.24 bits per heavy atom. The molecule has 0 aliphatic heterocycles.